The number of anilines is 1. The minimum absolute atomic E-state index is 0.253. The molecule has 6 heteroatoms. The monoisotopic (exact) mass is 469 g/mol. The fraction of sp³-hybridized carbons (Fsp3) is 0.172. The van der Waals surface area contributed by atoms with Crippen molar-refractivity contribution in [2.24, 2.45) is 0 Å². The van der Waals surface area contributed by atoms with Gasteiger partial charge < -0.3 is 19.5 Å². The van der Waals surface area contributed by atoms with Crippen LogP contribution in [0.25, 0.3) is 10.8 Å². The van der Waals surface area contributed by atoms with Crippen molar-refractivity contribution in [3.8, 4) is 11.5 Å². The summed E-state index contributed by atoms with van der Waals surface area (Å²) in [7, 11) is 0. The van der Waals surface area contributed by atoms with Gasteiger partial charge in [0.25, 0.3) is 5.91 Å². The predicted molar refractivity (Wildman–Crippen MR) is 136 cm³/mol. The molecule has 0 heterocycles. The van der Waals surface area contributed by atoms with Gasteiger partial charge in [-0.3, -0.25) is 4.79 Å². The van der Waals surface area contributed by atoms with Crippen LogP contribution in [0.4, 0.5) is 5.69 Å². The van der Waals surface area contributed by atoms with E-state index in [1.54, 1.807) is 49.4 Å². The van der Waals surface area contributed by atoms with E-state index in [-0.39, 0.29) is 12.5 Å². The first-order valence-electron chi connectivity index (χ1n) is 11.5. The molecule has 0 atom stereocenters. The van der Waals surface area contributed by atoms with E-state index in [0.717, 1.165) is 22.1 Å². The molecule has 178 valence electrons. The van der Waals surface area contributed by atoms with Crippen molar-refractivity contribution >= 4 is 28.3 Å². The zero-order valence-corrected chi connectivity index (χ0v) is 19.7. The fourth-order valence-corrected chi connectivity index (χ4v) is 3.66. The Balaban J connectivity index is 1.48. The molecule has 4 aromatic rings. The van der Waals surface area contributed by atoms with Gasteiger partial charge in [-0.2, -0.15) is 0 Å². The molecule has 0 saturated heterocycles. The molecule has 1 amide bonds. The van der Waals surface area contributed by atoms with Crippen LogP contribution in [0.5, 0.6) is 11.5 Å². The summed E-state index contributed by atoms with van der Waals surface area (Å²) >= 11 is 0. The van der Waals surface area contributed by atoms with Crippen molar-refractivity contribution in [2.45, 2.75) is 20.5 Å². The third-order valence-electron chi connectivity index (χ3n) is 5.39. The molecule has 0 saturated carbocycles. The first-order chi connectivity index (χ1) is 17.1. The number of hydrogen-bond donors (Lipinski definition) is 1. The summed E-state index contributed by atoms with van der Waals surface area (Å²) in [6.07, 6.45) is 0. The molecule has 0 aliphatic carbocycles. The van der Waals surface area contributed by atoms with Gasteiger partial charge in [0.2, 0.25) is 0 Å². The third kappa shape index (κ3) is 5.98. The smallest absolute Gasteiger partial charge is 0.338 e. The first-order valence-corrected chi connectivity index (χ1v) is 11.5. The second-order valence-electron chi connectivity index (χ2n) is 7.81. The Kier molecular flexibility index (Phi) is 7.63. The SMILES string of the molecule is CCOC(=O)c1ccc(NC(=O)c2ccc(OCC)c(COc3ccc4ccccc4c3)c2)cc1. The second kappa shape index (κ2) is 11.2. The number of hydrogen-bond acceptors (Lipinski definition) is 5. The highest BCUT2D eigenvalue weighted by atomic mass is 16.5. The highest BCUT2D eigenvalue weighted by Gasteiger charge is 2.13. The number of rotatable bonds is 9. The number of carbonyl (C=O) groups excluding carboxylic acids is 2. The molecule has 0 spiro atoms. The lowest BCUT2D eigenvalue weighted by molar-refractivity contribution is 0.0526. The van der Waals surface area contributed by atoms with Crippen LogP contribution in [0.1, 0.15) is 40.1 Å². The zero-order chi connectivity index (χ0) is 24.6. The average molecular weight is 470 g/mol. The Bertz CT molecular complexity index is 1330. The summed E-state index contributed by atoms with van der Waals surface area (Å²) in [5, 5.41) is 5.09. The van der Waals surface area contributed by atoms with Crippen molar-refractivity contribution in [3.63, 3.8) is 0 Å². The zero-order valence-electron chi connectivity index (χ0n) is 19.7. The number of benzene rings is 4. The topological polar surface area (TPSA) is 73.9 Å². The van der Waals surface area contributed by atoms with Crippen LogP contribution in [0, 0.1) is 0 Å². The lowest BCUT2D eigenvalue weighted by Gasteiger charge is -2.14. The van der Waals surface area contributed by atoms with E-state index in [4.69, 9.17) is 14.2 Å². The minimum Gasteiger partial charge on any atom is -0.493 e. The number of fused-ring (bicyclic) bond motifs is 1. The van der Waals surface area contributed by atoms with Crippen molar-refractivity contribution in [3.05, 3.63) is 102 Å². The number of carbonyl (C=O) groups is 2. The molecule has 0 unspecified atom stereocenters. The third-order valence-corrected chi connectivity index (χ3v) is 5.39. The maximum Gasteiger partial charge on any atom is 0.338 e. The molecular weight excluding hydrogens is 442 g/mol. The van der Waals surface area contributed by atoms with Crippen molar-refractivity contribution in [1.29, 1.82) is 0 Å². The highest BCUT2D eigenvalue weighted by molar-refractivity contribution is 6.04. The molecule has 0 aliphatic heterocycles. The Labute approximate surface area is 204 Å². The van der Waals surface area contributed by atoms with Gasteiger partial charge in [0, 0.05) is 16.8 Å². The fourth-order valence-electron chi connectivity index (χ4n) is 3.66. The largest absolute Gasteiger partial charge is 0.493 e. The van der Waals surface area contributed by atoms with Crippen molar-refractivity contribution < 1.29 is 23.8 Å². The quantitative estimate of drug-likeness (QED) is 0.294. The van der Waals surface area contributed by atoms with Gasteiger partial charge in [0.1, 0.15) is 18.1 Å². The molecule has 0 radical (unpaired) electrons. The predicted octanol–water partition coefficient (Wildman–Crippen LogP) is 6.25. The number of amides is 1. The number of esters is 1. The van der Waals surface area contributed by atoms with Crippen LogP contribution in [0.15, 0.2) is 84.9 Å². The minimum atomic E-state index is -0.395. The first kappa shape index (κ1) is 23.8. The summed E-state index contributed by atoms with van der Waals surface area (Å²) in [6.45, 7) is 4.73. The van der Waals surface area contributed by atoms with E-state index in [1.165, 1.54) is 0 Å². The van der Waals surface area contributed by atoms with Crippen molar-refractivity contribution in [1.82, 2.24) is 0 Å². The molecule has 0 aliphatic rings. The molecule has 6 nitrogen and oxygen atoms in total. The maximum atomic E-state index is 12.9. The average Bonchev–Trinajstić information content (AvgIpc) is 2.88. The Morgan fingerprint density at radius 3 is 2.23 bits per heavy atom. The molecule has 4 rings (SSSR count). The van der Waals surface area contributed by atoms with E-state index < -0.39 is 5.97 Å². The van der Waals surface area contributed by atoms with Crippen LogP contribution in [0.3, 0.4) is 0 Å². The summed E-state index contributed by atoms with van der Waals surface area (Å²) in [5.41, 5.74) is 2.25. The molecule has 0 aromatic heterocycles. The van der Waals surface area contributed by atoms with E-state index >= 15 is 0 Å². The van der Waals surface area contributed by atoms with E-state index in [9.17, 15) is 9.59 Å². The molecule has 0 bridgehead atoms. The summed E-state index contributed by atoms with van der Waals surface area (Å²) < 4.78 is 16.8. The van der Waals surface area contributed by atoms with Gasteiger partial charge >= 0.3 is 5.97 Å². The Hall–Kier alpha value is -4.32. The number of nitrogens with one attached hydrogen (secondary N) is 1. The Morgan fingerprint density at radius 2 is 1.49 bits per heavy atom. The molecule has 1 N–H and O–H groups in total. The molecule has 35 heavy (non-hydrogen) atoms. The van der Waals surface area contributed by atoms with E-state index in [2.05, 4.69) is 11.4 Å². The van der Waals surface area contributed by atoms with Gasteiger partial charge in [0.15, 0.2) is 0 Å². The van der Waals surface area contributed by atoms with Crippen LogP contribution in [-0.4, -0.2) is 25.1 Å². The van der Waals surface area contributed by atoms with Crippen LogP contribution in [-0.2, 0) is 11.3 Å². The van der Waals surface area contributed by atoms with E-state index in [0.29, 0.717) is 35.8 Å². The van der Waals surface area contributed by atoms with Gasteiger partial charge in [-0.05, 0) is 79.2 Å². The summed E-state index contributed by atoms with van der Waals surface area (Å²) in [4.78, 5) is 24.7. The highest BCUT2D eigenvalue weighted by Crippen LogP contribution is 2.25. The normalized spacial score (nSPS) is 10.6. The number of ether oxygens (including phenoxy) is 3. The standard InChI is InChI=1S/C29H27NO5/c1-3-33-27-16-12-23(28(31)30-25-13-9-21(10-14-25)29(32)34-4-2)17-24(27)19-35-26-15-11-20-7-5-6-8-22(20)18-26/h5-18H,3-4,19H2,1-2H3,(H,30,31). The van der Waals surface area contributed by atoms with Crippen molar-refractivity contribution in [2.75, 3.05) is 18.5 Å². The maximum absolute atomic E-state index is 12.9. The molecule has 4 aromatic carbocycles. The van der Waals surface area contributed by atoms with Gasteiger partial charge in [-0.1, -0.05) is 30.3 Å². The lowest BCUT2D eigenvalue weighted by Crippen LogP contribution is -2.13. The summed E-state index contributed by atoms with van der Waals surface area (Å²) in [6, 6.07) is 25.9. The van der Waals surface area contributed by atoms with E-state index in [1.807, 2.05) is 43.3 Å². The molecular formula is C29H27NO5. The second-order valence-corrected chi connectivity index (χ2v) is 7.81. The van der Waals surface area contributed by atoms with Crippen LogP contribution < -0.4 is 14.8 Å². The molecule has 0 fully saturated rings. The lowest BCUT2D eigenvalue weighted by atomic mass is 10.1. The summed E-state index contributed by atoms with van der Waals surface area (Å²) in [5.74, 6) is 0.739. The Morgan fingerprint density at radius 1 is 0.743 bits per heavy atom. The van der Waals surface area contributed by atoms with Gasteiger partial charge in [-0.25, -0.2) is 4.79 Å². The van der Waals surface area contributed by atoms with Gasteiger partial charge in [0.05, 0.1) is 18.8 Å². The van der Waals surface area contributed by atoms with Gasteiger partial charge in [-0.15, -0.1) is 0 Å². The van der Waals surface area contributed by atoms with Crippen LogP contribution in [0.2, 0.25) is 0 Å². The van der Waals surface area contributed by atoms with Crippen LogP contribution >= 0.6 is 0 Å².